The van der Waals surface area contributed by atoms with E-state index < -0.39 is 27.1 Å². The Bertz CT molecular complexity index is 891. The zero-order valence-corrected chi connectivity index (χ0v) is 13.7. The fraction of sp³-hybridized carbons (Fsp3) is 0.267. The summed E-state index contributed by atoms with van der Waals surface area (Å²) in [6.07, 6.45) is 1.99. The molecule has 11 nitrogen and oxygen atoms in total. The first kappa shape index (κ1) is 18.7. The molecule has 136 valence electrons. The number of aromatic nitrogens is 2. The molecule has 2 aromatic rings. The van der Waals surface area contributed by atoms with E-state index >= 15 is 0 Å². The van der Waals surface area contributed by atoms with Crippen molar-refractivity contribution >= 4 is 17.3 Å². The summed E-state index contributed by atoms with van der Waals surface area (Å²) in [6, 6.07) is 4.07. The number of carbonyl (C=O) groups excluding carboxylic acids is 1. The summed E-state index contributed by atoms with van der Waals surface area (Å²) in [5.74, 6) is -0.719. The first-order valence-corrected chi connectivity index (χ1v) is 7.59. The number of nitrogens with one attached hydrogen (secondary N) is 1. The van der Waals surface area contributed by atoms with E-state index in [4.69, 9.17) is 0 Å². The molecule has 1 aromatic carbocycles. The first-order chi connectivity index (χ1) is 12.3. The molecule has 2 rings (SSSR count). The average molecular weight is 361 g/mol. The van der Waals surface area contributed by atoms with Gasteiger partial charge in [-0.25, -0.2) is 4.98 Å². The van der Waals surface area contributed by atoms with Gasteiger partial charge in [-0.2, -0.15) is 0 Å². The van der Waals surface area contributed by atoms with Gasteiger partial charge in [0.1, 0.15) is 0 Å². The summed E-state index contributed by atoms with van der Waals surface area (Å²) >= 11 is 0. The van der Waals surface area contributed by atoms with E-state index in [1.807, 2.05) is 6.92 Å². The molecular weight excluding hydrogens is 346 g/mol. The quantitative estimate of drug-likeness (QED) is 0.572. The van der Waals surface area contributed by atoms with Gasteiger partial charge < -0.3 is 5.32 Å². The summed E-state index contributed by atoms with van der Waals surface area (Å²) in [7, 11) is 0. The second kappa shape index (κ2) is 7.96. The summed E-state index contributed by atoms with van der Waals surface area (Å²) in [6.45, 7) is 2.05. The van der Waals surface area contributed by atoms with Gasteiger partial charge in [-0.15, -0.1) is 0 Å². The number of rotatable bonds is 7. The number of nitro groups is 2. The number of nitro benzene ring substituents is 2. The van der Waals surface area contributed by atoms with Crippen LogP contribution >= 0.6 is 0 Å². The van der Waals surface area contributed by atoms with Gasteiger partial charge in [0.25, 0.3) is 22.8 Å². The molecule has 0 aliphatic heterocycles. The summed E-state index contributed by atoms with van der Waals surface area (Å²) in [5.41, 5.74) is -0.936. The lowest BCUT2D eigenvalue weighted by molar-refractivity contribution is -0.394. The lowest BCUT2D eigenvalue weighted by Gasteiger charge is -2.08. The number of amides is 1. The van der Waals surface area contributed by atoms with Gasteiger partial charge in [0.2, 0.25) is 0 Å². The summed E-state index contributed by atoms with van der Waals surface area (Å²) in [5, 5.41) is 24.2. The first-order valence-electron chi connectivity index (χ1n) is 7.59. The van der Waals surface area contributed by atoms with Gasteiger partial charge in [0.05, 0.1) is 27.8 Å². The van der Waals surface area contributed by atoms with Crippen LogP contribution in [0.1, 0.15) is 23.0 Å². The molecule has 0 aliphatic carbocycles. The Kier molecular flexibility index (Phi) is 5.73. The molecule has 1 heterocycles. The van der Waals surface area contributed by atoms with Crippen molar-refractivity contribution in [3.8, 4) is 0 Å². The van der Waals surface area contributed by atoms with Crippen LogP contribution in [0.15, 0.2) is 35.4 Å². The van der Waals surface area contributed by atoms with Crippen LogP contribution in [-0.2, 0) is 13.0 Å². The molecule has 0 atom stereocenters. The van der Waals surface area contributed by atoms with Gasteiger partial charge in [0, 0.05) is 37.0 Å². The number of non-ortho nitro benzene ring substituents is 2. The normalized spacial score (nSPS) is 10.3. The van der Waals surface area contributed by atoms with E-state index in [0.717, 1.165) is 18.2 Å². The van der Waals surface area contributed by atoms with Gasteiger partial charge in [0.15, 0.2) is 0 Å². The zero-order chi connectivity index (χ0) is 19.3. The molecule has 0 bridgehead atoms. The van der Waals surface area contributed by atoms with Crippen molar-refractivity contribution in [2.75, 3.05) is 6.54 Å². The molecule has 0 unspecified atom stereocenters. The molecule has 0 fully saturated rings. The van der Waals surface area contributed by atoms with Crippen LogP contribution in [-0.4, -0.2) is 31.8 Å². The molecule has 11 heteroatoms. The second-order valence-corrected chi connectivity index (χ2v) is 5.27. The summed E-state index contributed by atoms with van der Waals surface area (Å²) < 4.78 is 1.30. The van der Waals surface area contributed by atoms with E-state index in [0.29, 0.717) is 12.1 Å². The fourth-order valence-electron chi connectivity index (χ4n) is 2.15. The maximum atomic E-state index is 12.1. The van der Waals surface area contributed by atoms with Crippen LogP contribution in [0.4, 0.5) is 11.4 Å². The standard InChI is InChI=1S/C15H15N5O6/c1-2-11-7-14(21)18(9-17-11)4-3-16-15(22)10-5-12(19(23)24)8-13(6-10)20(25)26/h5-9H,2-4H2,1H3,(H,16,22). The highest BCUT2D eigenvalue weighted by molar-refractivity contribution is 5.95. The molecule has 1 N–H and O–H groups in total. The van der Waals surface area contributed by atoms with Crippen molar-refractivity contribution in [1.82, 2.24) is 14.9 Å². The molecule has 1 aromatic heterocycles. The number of hydrogen-bond donors (Lipinski definition) is 1. The Morgan fingerprint density at radius 1 is 1.15 bits per heavy atom. The van der Waals surface area contributed by atoms with Crippen molar-refractivity contribution in [3.63, 3.8) is 0 Å². The lowest BCUT2D eigenvalue weighted by Crippen LogP contribution is -2.31. The number of carbonyl (C=O) groups is 1. The van der Waals surface area contributed by atoms with Gasteiger partial charge >= 0.3 is 0 Å². The third kappa shape index (κ3) is 4.47. The molecule has 26 heavy (non-hydrogen) atoms. The molecular formula is C15H15N5O6. The van der Waals surface area contributed by atoms with E-state index in [1.54, 1.807) is 0 Å². The molecule has 0 saturated heterocycles. The highest BCUT2D eigenvalue weighted by atomic mass is 16.6. The Balaban J connectivity index is 2.09. The Morgan fingerprint density at radius 3 is 2.27 bits per heavy atom. The van der Waals surface area contributed by atoms with Crippen molar-refractivity contribution in [2.24, 2.45) is 0 Å². The minimum atomic E-state index is -0.815. The smallest absolute Gasteiger partial charge is 0.277 e. The van der Waals surface area contributed by atoms with Gasteiger partial charge in [-0.1, -0.05) is 6.92 Å². The van der Waals surface area contributed by atoms with Crippen molar-refractivity contribution in [2.45, 2.75) is 19.9 Å². The van der Waals surface area contributed by atoms with E-state index in [1.165, 1.54) is 17.0 Å². The van der Waals surface area contributed by atoms with Gasteiger partial charge in [-0.05, 0) is 6.42 Å². The number of hydrogen-bond acceptors (Lipinski definition) is 7. The molecule has 0 spiro atoms. The van der Waals surface area contributed by atoms with Crippen LogP contribution in [0.25, 0.3) is 0 Å². The lowest BCUT2D eigenvalue weighted by atomic mass is 10.1. The summed E-state index contributed by atoms with van der Waals surface area (Å²) in [4.78, 5) is 48.1. The molecule has 0 saturated carbocycles. The van der Waals surface area contributed by atoms with Gasteiger partial charge in [-0.3, -0.25) is 34.4 Å². The largest absolute Gasteiger partial charge is 0.350 e. The predicted octanol–water partition coefficient (Wildman–Crippen LogP) is 1.05. The maximum absolute atomic E-state index is 12.1. The Morgan fingerprint density at radius 2 is 1.77 bits per heavy atom. The molecule has 1 amide bonds. The van der Waals surface area contributed by atoms with Crippen LogP contribution in [0.5, 0.6) is 0 Å². The monoisotopic (exact) mass is 361 g/mol. The van der Waals surface area contributed by atoms with Crippen LogP contribution < -0.4 is 10.9 Å². The predicted molar refractivity (Wildman–Crippen MR) is 90.0 cm³/mol. The second-order valence-electron chi connectivity index (χ2n) is 5.27. The molecule has 0 aliphatic rings. The van der Waals surface area contributed by atoms with Crippen LogP contribution in [0.3, 0.4) is 0 Å². The van der Waals surface area contributed by atoms with Crippen LogP contribution in [0, 0.1) is 20.2 Å². The number of benzene rings is 1. The topological polar surface area (TPSA) is 150 Å². The number of nitrogens with zero attached hydrogens (tertiary/aromatic N) is 4. The SMILES string of the molecule is CCc1cc(=O)n(CCNC(=O)c2cc([N+](=O)[O-])cc([N+](=O)[O-])c2)cn1. The fourth-order valence-corrected chi connectivity index (χ4v) is 2.15. The third-order valence-corrected chi connectivity index (χ3v) is 3.52. The molecule has 0 radical (unpaired) electrons. The van der Waals surface area contributed by atoms with Crippen molar-refractivity contribution in [3.05, 3.63) is 72.4 Å². The highest BCUT2D eigenvalue weighted by Crippen LogP contribution is 2.22. The average Bonchev–Trinajstić information content (AvgIpc) is 2.62. The van der Waals surface area contributed by atoms with Crippen molar-refractivity contribution < 1.29 is 14.6 Å². The van der Waals surface area contributed by atoms with E-state index in [2.05, 4.69) is 10.3 Å². The third-order valence-electron chi connectivity index (χ3n) is 3.52. The Labute approximate surface area is 146 Å². The van der Waals surface area contributed by atoms with Crippen molar-refractivity contribution in [1.29, 1.82) is 0 Å². The van der Waals surface area contributed by atoms with Crippen LogP contribution in [0.2, 0.25) is 0 Å². The Hall–Kier alpha value is -3.63. The number of aryl methyl sites for hydroxylation is 1. The van der Waals surface area contributed by atoms with E-state index in [9.17, 15) is 29.8 Å². The highest BCUT2D eigenvalue weighted by Gasteiger charge is 2.19. The minimum Gasteiger partial charge on any atom is -0.350 e. The minimum absolute atomic E-state index is 0.0440. The zero-order valence-electron chi connectivity index (χ0n) is 13.7. The van der Waals surface area contributed by atoms with E-state index in [-0.39, 0.29) is 24.2 Å². The maximum Gasteiger partial charge on any atom is 0.277 e.